The summed E-state index contributed by atoms with van der Waals surface area (Å²) in [6.07, 6.45) is 0.497. The highest BCUT2D eigenvalue weighted by Gasteiger charge is 2.41. The van der Waals surface area contributed by atoms with Crippen LogP contribution in [0.1, 0.15) is 61.0 Å². The molecule has 3 aromatic rings. The molecule has 192 valence electrons. The van der Waals surface area contributed by atoms with Gasteiger partial charge in [0, 0.05) is 35.1 Å². The van der Waals surface area contributed by atoms with E-state index in [0.29, 0.717) is 16.9 Å². The van der Waals surface area contributed by atoms with E-state index in [1.165, 1.54) is 32.4 Å². The number of nitrogens with one attached hydrogen (secondary N) is 1. The van der Waals surface area contributed by atoms with Gasteiger partial charge >= 0.3 is 6.18 Å². The molecule has 0 aliphatic carbocycles. The molecular weight excluding hydrogens is 463 g/mol. The third-order valence-corrected chi connectivity index (χ3v) is 8.45. The summed E-state index contributed by atoms with van der Waals surface area (Å²) in [5.41, 5.74) is 2.55. The lowest BCUT2D eigenvalue weighted by Crippen LogP contribution is -2.50. The van der Waals surface area contributed by atoms with Gasteiger partial charge in [-0.3, -0.25) is 0 Å². The van der Waals surface area contributed by atoms with Gasteiger partial charge < -0.3 is 15.1 Å². The number of hydrogen-bond acceptors (Lipinski definition) is 5. The number of halogens is 3. The molecule has 1 aromatic heterocycles. The van der Waals surface area contributed by atoms with Crippen molar-refractivity contribution >= 4 is 22.3 Å². The number of benzene rings is 2. The molecule has 0 saturated carbocycles. The first-order valence-electron chi connectivity index (χ1n) is 12.8. The van der Waals surface area contributed by atoms with Gasteiger partial charge in [-0.15, -0.1) is 5.10 Å². The van der Waals surface area contributed by atoms with E-state index in [9.17, 15) is 13.2 Å². The number of rotatable bonds is 4. The van der Waals surface area contributed by atoms with Crippen molar-refractivity contribution in [2.45, 2.75) is 64.2 Å². The van der Waals surface area contributed by atoms with Crippen molar-refractivity contribution in [2.24, 2.45) is 0 Å². The number of anilines is 2. The largest absolute Gasteiger partial charge is 0.416 e. The molecule has 0 unspecified atom stereocenters. The van der Waals surface area contributed by atoms with Crippen LogP contribution >= 0.6 is 0 Å². The Bertz CT molecular complexity index is 1260. The Morgan fingerprint density at radius 3 is 2.39 bits per heavy atom. The molecule has 5 rings (SSSR count). The summed E-state index contributed by atoms with van der Waals surface area (Å²) in [7, 11) is 2.26. The molecule has 3 heterocycles. The lowest BCUT2D eigenvalue weighted by molar-refractivity contribution is -0.138. The highest BCUT2D eigenvalue weighted by Crippen LogP contribution is 2.40. The van der Waals surface area contributed by atoms with Crippen molar-refractivity contribution < 1.29 is 13.2 Å². The van der Waals surface area contributed by atoms with Crippen LogP contribution in [-0.4, -0.2) is 47.3 Å². The van der Waals surface area contributed by atoms with Crippen LogP contribution in [-0.2, 0) is 6.18 Å². The minimum absolute atomic E-state index is 0.231. The second-order valence-corrected chi connectivity index (χ2v) is 10.5. The summed E-state index contributed by atoms with van der Waals surface area (Å²) in [6, 6.07) is 10.4. The Morgan fingerprint density at radius 1 is 0.972 bits per heavy atom. The van der Waals surface area contributed by atoms with Crippen LogP contribution in [0.15, 0.2) is 36.4 Å². The van der Waals surface area contributed by atoms with E-state index in [4.69, 9.17) is 0 Å². The predicted octanol–water partition coefficient (Wildman–Crippen LogP) is 6.50. The second kappa shape index (κ2) is 9.21. The van der Waals surface area contributed by atoms with E-state index in [2.05, 4.69) is 50.6 Å². The van der Waals surface area contributed by atoms with E-state index < -0.39 is 11.7 Å². The molecule has 2 saturated heterocycles. The molecule has 8 heteroatoms. The van der Waals surface area contributed by atoms with Crippen LogP contribution in [0.3, 0.4) is 0 Å². The Labute approximate surface area is 210 Å². The van der Waals surface area contributed by atoms with Crippen LogP contribution in [0, 0.1) is 13.8 Å². The highest BCUT2D eigenvalue weighted by molar-refractivity contribution is 5.95. The van der Waals surface area contributed by atoms with Crippen molar-refractivity contribution in [1.29, 1.82) is 0 Å². The van der Waals surface area contributed by atoms with Gasteiger partial charge in [-0.05, 0) is 89.4 Å². The first kappa shape index (κ1) is 24.8. The summed E-state index contributed by atoms with van der Waals surface area (Å²) in [6.45, 7) is 8.53. The number of likely N-dealkylation sites (tertiary alicyclic amines) is 1. The summed E-state index contributed by atoms with van der Waals surface area (Å²) in [5, 5.41) is 14.0. The molecule has 36 heavy (non-hydrogen) atoms. The van der Waals surface area contributed by atoms with Crippen LogP contribution < -0.4 is 10.2 Å². The summed E-state index contributed by atoms with van der Waals surface area (Å²) < 4.78 is 40.4. The van der Waals surface area contributed by atoms with Gasteiger partial charge in [0.2, 0.25) is 0 Å². The van der Waals surface area contributed by atoms with Crippen LogP contribution in [0.5, 0.6) is 0 Å². The van der Waals surface area contributed by atoms with Crippen molar-refractivity contribution in [2.75, 3.05) is 36.9 Å². The monoisotopic (exact) mass is 497 g/mol. The molecule has 0 bridgehead atoms. The minimum Gasteiger partial charge on any atom is -0.371 e. The Hall–Kier alpha value is -2.87. The maximum absolute atomic E-state index is 13.5. The smallest absolute Gasteiger partial charge is 0.371 e. The van der Waals surface area contributed by atoms with Crippen molar-refractivity contribution in [1.82, 2.24) is 15.1 Å². The summed E-state index contributed by atoms with van der Waals surface area (Å²) in [4.78, 5) is 4.99. The quantitative estimate of drug-likeness (QED) is 0.446. The lowest BCUT2D eigenvalue weighted by atomic mass is 9.85. The fourth-order valence-corrected chi connectivity index (χ4v) is 6.18. The Kier molecular flexibility index (Phi) is 6.35. The number of nitrogens with zero attached hydrogens (tertiary/aromatic N) is 4. The Balaban J connectivity index is 1.43. The third-order valence-electron chi connectivity index (χ3n) is 8.45. The third kappa shape index (κ3) is 4.40. The molecule has 1 spiro atoms. The van der Waals surface area contributed by atoms with Gasteiger partial charge in [0.1, 0.15) is 0 Å². The maximum atomic E-state index is 13.5. The molecule has 0 amide bonds. The predicted molar refractivity (Wildman–Crippen MR) is 139 cm³/mol. The average Bonchev–Trinajstić information content (AvgIpc) is 3.19. The van der Waals surface area contributed by atoms with E-state index in [1.54, 1.807) is 6.07 Å². The molecule has 2 fully saturated rings. The first-order valence-corrected chi connectivity index (χ1v) is 12.8. The van der Waals surface area contributed by atoms with Crippen molar-refractivity contribution in [3.05, 3.63) is 58.8 Å². The van der Waals surface area contributed by atoms with E-state index in [0.717, 1.165) is 54.2 Å². The summed E-state index contributed by atoms with van der Waals surface area (Å²) >= 11 is 0. The van der Waals surface area contributed by atoms with Gasteiger partial charge in [-0.2, -0.15) is 18.3 Å². The number of aryl methyl sites for hydroxylation is 1. The van der Waals surface area contributed by atoms with Crippen LogP contribution in [0.4, 0.5) is 24.7 Å². The van der Waals surface area contributed by atoms with Crippen molar-refractivity contribution in [3.63, 3.8) is 0 Å². The normalized spacial score (nSPS) is 19.2. The number of fused-ring (bicyclic) bond motifs is 1. The molecule has 0 radical (unpaired) electrons. The SMILES string of the molecule is Cc1c([C@@H](C)Nc2nnc(C)c3ccc(N4CCC5(CCCN5C)CC4)cc23)cccc1C(F)(F)F. The number of alkyl halides is 3. The zero-order chi connectivity index (χ0) is 25.7. The standard InChI is InChI=1S/C28H34F3N5/c1-18-22(7-5-8-25(18)28(29,30)31)19(2)32-26-24-17-21(9-10-23(24)20(3)33-34-26)36-15-12-27(13-16-36)11-6-14-35(27)4/h5,7-10,17,19H,6,11-16H2,1-4H3,(H,32,34)/t19-/m1/s1. The number of hydrogen-bond donors (Lipinski definition) is 1. The fraction of sp³-hybridized carbons (Fsp3) is 0.500. The molecule has 5 nitrogen and oxygen atoms in total. The van der Waals surface area contributed by atoms with Gasteiger partial charge in [-0.1, -0.05) is 18.2 Å². The fourth-order valence-electron chi connectivity index (χ4n) is 6.18. The van der Waals surface area contributed by atoms with Gasteiger partial charge in [0.15, 0.2) is 5.82 Å². The zero-order valence-electron chi connectivity index (χ0n) is 21.4. The lowest BCUT2D eigenvalue weighted by Gasteiger charge is -2.44. The topological polar surface area (TPSA) is 44.3 Å². The first-order chi connectivity index (χ1) is 17.1. The highest BCUT2D eigenvalue weighted by atomic mass is 19.4. The molecule has 2 aliphatic heterocycles. The second-order valence-electron chi connectivity index (χ2n) is 10.5. The summed E-state index contributed by atoms with van der Waals surface area (Å²) in [5.74, 6) is 0.589. The number of aromatic nitrogens is 2. The van der Waals surface area contributed by atoms with Gasteiger partial charge in [-0.25, -0.2) is 0 Å². The Morgan fingerprint density at radius 2 is 1.72 bits per heavy atom. The van der Waals surface area contributed by atoms with E-state index in [1.807, 2.05) is 13.8 Å². The molecule has 2 aromatic carbocycles. The van der Waals surface area contributed by atoms with Gasteiger partial charge in [0.05, 0.1) is 17.3 Å². The van der Waals surface area contributed by atoms with E-state index in [-0.39, 0.29) is 11.6 Å². The minimum atomic E-state index is -4.38. The van der Waals surface area contributed by atoms with Gasteiger partial charge in [0.25, 0.3) is 0 Å². The zero-order valence-corrected chi connectivity index (χ0v) is 21.4. The maximum Gasteiger partial charge on any atom is 0.416 e. The average molecular weight is 498 g/mol. The van der Waals surface area contributed by atoms with Crippen LogP contribution in [0.2, 0.25) is 0 Å². The van der Waals surface area contributed by atoms with E-state index >= 15 is 0 Å². The molecule has 1 N–H and O–H groups in total. The van der Waals surface area contributed by atoms with Crippen LogP contribution in [0.25, 0.3) is 10.8 Å². The molecule has 2 aliphatic rings. The van der Waals surface area contributed by atoms with Crippen molar-refractivity contribution in [3.8, 4) is 0 Å². The number of piperidine rings is 1. The molecular formula is C28H34F3N5. The molecule has 1 atom stereocenters.